The van der Waals surface area contributed by atoms with Crippen LogP contribution in [0.1, 0.15) is 19.8 Å². The van der Waals surface area contributed by atoms with E-state index in [2.05, 4.69) is 34.2 Å². The Kier molecular flexibility index (Phi) is 4.47. The van der Waals surface area contributed by atoms with Gasteiger partial charge >= 0.3 is 0 Å². The fourth-order valence-electron chi connectivity index (χ4n) is 2.12. The average Bonchev–Trinajstić information content (AvgIpc) is 2.43. The second-order valence-electron chi connectivity index (χ2n) is 4.38. The fourth-order valence-corrected chi connectivity index (χ4v) is 2.12. The molecular weight excluding hydrogens is 224 g/mol. The second kappa shape index (κ2) is 6.31. The van der Waals surface area contributed by atoms with E-state index in [1.54, 1.807) is 0 Å². The van der Waals surface area contributed by atoms with Crippen LogP contribution in [-0.4, -0.2) is 29.8 Å². The highest BCUT2D eigenvalue weighted by Crippen LogP contribution is 2.23. The van der Waals surface area contributed by atoms with Gasteiger partial charge in [-0.3, -0.25) is 0 Å². The van der Waals surface area contributed by atoms with Crippen molar-refractivity contribution in [2.24, 2.45) is 5.73 Å². The number of nitrogens with two attached hydrogens (primary N) is 1. The summed E-state index contributed by atoms with van der Waals surface area (Å²) in [7, 11) is 0. The molecule has 0 unspecified atom stereocenters. The van der Waals surface area contributed by atoms with Crippen LogP contribution in [0.4, 0.5) is 5.82 Å². The number of anilines is 1. The third kappa shape index (κ3) is 2.76. The van der Waals surface area contributed by atoms with Crippen molar-refractivity contribution >= 4 is 16.6 Å². The van der Waals surface area contributed by atoms with E-state index < -0.39 is 0 Å². The van der Waals surface area contributed by atoms with Crippen LogP contribution in [0.2, 0.25) is 0 Å². The van der Waals surface area contributed by atoms with E-state index in [-0.39, 0.29) is 0 Å². The zero-order valence-electron chi connectivity index (χ0n) is 10.8. The summed E-state index contributed by atoms with van der Waals surface area (Å²) >= 11 is 0. The van der Waals surface area contributed by atoms with Crippen LogP contribution in [0.5, 0.6) is 0 Å². The van der Waals surface area contributed by atoms with Crippen LogP contribution in [0.3, 0.4) is 0 Å². The first-order valence-corrected chi connectivity index (χ1v) is 6.52. The minimum Gasteiger partial charge on any atom is -0.355 e. The summed E-state index contributed by atoms with van der Waals surface area (Å²) < 4.78 is 0. The molecule has 1 aromatic carbocycles. The molecule has 0 aliphatic rings. The molecule has 0 atom stereocenters. The van der Waals surface area contributed by atoms with Crippen LogP contribution in [0.15, 0.2) is 30.5 Å². The molecule has 0 spiro atoms. The molecule has 2 N–H and O–H groups in total. The molecule has 0 aliphatic heterocycles. The Labute approximate surface area is 108 Å². The zero-order valence-corrected chi connectivity index (χ0v) is 10.8. The van der Waals surface area contributed by atoms with Crippen molar-refractivity contribution in [1.82, 2.24) is 10.2 Å². The largest absolute Gasteiger partial charge is 0.355 e. The van der Waals surface area contributed by atoms with Gasteiger partial charge in [-0.05, 0) is 19.4 Å². The molecule has 1 aromatic heterocycles. The maximum atomic E-state index is 5.60. The maximum Gasteiger partial charge on any atom is 0.159 e. The summed E-state index contributed by atoms with van der Waals surface area (Å²) in [5.74, 6) is 0.975. The molecule has 0 amide bonds. The molecule has 0 radical (unpaired) electrons. The second-order valence-corrected chi connectivity index (χ2v) is 4.38. The van der Waals surface area contributed by atoms with Gasteiger partial charge in [0.2, 0.25) is 0 Å². The number of fused-ring (bicyclic) bond motifs is 1. The molecule has 4 nitrogen and oxygen atoms in total. The van der Waals surface area contributed by atoms with E-state index in [9.17, 15) is 0 Å². The first-order valence-electron chi connectivity index (χ1n) is 6.52. The van der Waals surface area contributed by atoms with Crippen molar-refractivity contribution in [3.05, 3.63) is 30.5 Å². The van der Waals surface area contributed by atoms with Gasteiger partial charge in [0, 0.05) is 23.9 Å². The third-order valence-electron chi connectivity index (χ3n) is 2.98. The molecule has 0 aliphatic carbocycles. The summed E-state index contributed by atoms with van der Waals surface area (Å²) in [6, 6.07) is 8.24. The lowest BCUT2D eigenvalue weighted by molar-refractivity contribution is 0.708. The highest BCUT2D eigenvalue weighted by Gasteiger charge is 2.10. The monoisotopic (exact) mass is 244 g/mol. The summed E-state index contributed by atoms with van der Waals surface area (Å²) in [4.78, 5) is 2.28. The average molecular weight is 244 g/mol. The van der Waals surface area contributed by atoms with Crippen LogP contribution < -0.4 is 10.6 Å². The van der Waals surface area contributed by atoms with Gasteiger partial charge < -0.3 is 10.6 Å². The number of hydrogen-bond donors (Lipinski definition) is 1. The highest BCUT2D eigenvalue weighted by atomic mass is 15.3. The van der Waals surface area contributed by atoms with Gasteiger partial charge in [0.05, 0.1) is 6.20 Å². The minimum atomic E-state index is 0.707. The molecule has 1 heterocycles. The summed E-state index contributed by atoms with van der Waals surface area (Å²) in [6.07, 6.45) is 3.88. The molecule has 4 heteroatoms. The number of aromatic nitrogens is 2. The number of benzene rings is 1. The minimum absolute atomic E-state index is 0.707. The molecule has 0 fully saturated rings. The van der Waals surface area contributed by atoms with Gasteiger partial charge in [0.25, 0.3) is 0 Å². The van der Waals surface area contributed by atoms with Crippen LogP contribution >= 0.6 is 0 Å². The van der Waals surface area contributed by atoms with E-state index in [4.69, 9.17) is 5.73 Å². The number of rotatable bonds is 6. The first kappa shape index (κ1) is 12.8. The standard InChI is InChI=1S/C14H20N4/c1-2-9-18(10-5-8-15)14-13-7-4-3-6-12(13)11-16-17-14/h3-4,6-7,11H,2,5,8-10,15H2,1H3. The normalized spacial score (nSPS) is 10.8. The molecule has 18 heavy (non-hydrogen) atoms. The van der Waals surface area contributed by atoms with E-state index in [0.717, 1.165) is 42.5 Å². The number of hydrogen-bond acceptors (Lipinski definition) is 4. The molecule has 0 bridgehead atoms. The Morgan fingerprint density at radius 3 is 2.83 bits per heavy atom. The summed E-state index contributed by atoms with van der Waals surface area (Å²) in [5.41, 5.74) is 5.60. The topological polar surface area (TPSA) is 55.0 Å². The summed E-state index contributed by atoms with van der Waals surface area (Å²) in [6.45, 7) is 4.81. The Balaban J connectivity index is 2.36. The number of nitrogens with zero attached hydrogens (tertiary/aromatic N) is 3. The highest BCUT2D eigenvalue weighted by molar-refractivity contribution is 5.91. The Morgan fingerprint density at radius 2 is 2.06 bits per heavy atom. The fraction of sp³-hybridized carbons (Fsp3) is 0.429. The van der Waals surface area contributed by atoms with Crippen LogP contribution in [0, 0.1) is 0 Å². The smallest absolute Gasteiger partial charge is 0.159 e. The molecule has 0 saturated heterocycles. The van der Waals surface area contributed by atoms with Crippen molar-refractivity contribution < 1.29 is 0 Å². The van der Waals surface area contributed by atoms with Crippen molar-refractivity contribution in [2.75, 3.05) is 24.5 Å². The van der Waals surface area contributed by atoms with Gasteiger partial charge in [-0.1, -0.05) is 31.2 Å². The molecule has 96 valence electrons. The van der Waals surface area contributed by atoms with Gasteiger partial charge in [-0.15, -0.1) is 5.10 Å². The molecule has 0 saturated carbocycles. The third-order valence-corrected chi connectivity index (χ3v) is 2.98. The molecule has 2 aromatic rings. The lowest BCUT2D eigenvalue weighted by Crippen LogP contribution is -2.28. The van der Waals surface area contributed by atoms with Crippen molar-refractivity contribution in [2.45, 2.75) is 19.8 Å². The van der Waals surface area contributed by atoms with E-state index in [1.165, 1.54) is 0 Å². The van der Waals surface area contributed by atoms with E-state index in [1.807, 2.05) is 18.3 Å². The lowest BCUT2D eigenvalue weighted by atomic mass is 10.2. The van der Waals surface area contributed by atoms with Gasteiger partial charge in [0.1, 0.15) is 0 Å². The molecule has 2 rings (SSSR count). The van der Waals surface area contributed by atoms with E-state index in [0.29, 0.717) is 6.54 Å². The SMILES string of the molecule is CCCN(CCCN)c1nncc2ccccc12. The Hall–Kier alpha value is -1.68. The van der Waals surface area contributed by atoms with Crippen LogP contribution in [-0.2, 0) is 0 Å². The summed E-state index contributed by atoms with van der Waals surface area (Å²) in [5, 5.41) is 10.7. The predicted molar refractivity (Wildman–Crippen MR) is 75.7 cm³/mol. The van der Waals surface area contributed by atoms with Crippen molar-refractivity contribution in [1.29, 1.82) is 0 Å². The quantitative estimate of drug-likeness (QED) is 0.846. The van der Waals surface area contributed by atoms with Gasteiger partial charge in [-0.25, -0.2) is 0 Å². The van der Waals surface area contributed by atoms with E-state index >= 15 is 0 Å². The Morgan fingerprint density at radius 1 is 1.22 bits per heavy atom. The first-order chi connectivity index (χ1) is 8.86. The zero-order chi connectivity index (χ0) is 12.8. The van der Waals surface area contributed by atoms with Crippen molar-refractivity contribution in [3.8, 4) is 0 Å². The lowest BCUT2D eigenvalue weighted by Gasteiger charge is -2.23. The van der Waals surface area contributed by atoms with Gasteiger partial charge in [0.15, 0.2) is 5.82 Å². The maximum absolute atomic E-state index is 5.60. The molecular formula is C14H20N4. The van der Waals surface area contributed by atoms with Gasteiger partial charge in [-0.2, -0.15) is 5.10 Å². The predicted octanol–water partition coefficient (Wildman–Crippen LogP) is 2.19. The van der Waals surface area contributed by atoms with Crippen molar-refractivity contribution in [3.63, 3.8) is 0 Å². The Bertz CT molecular complexity index is 493. The van der Waals surface area contributed by atoms with Crippen LogP contribution in [0.25, 0.3) is 10.8 Å².